The fourth-order valence-electron chi connectivity index (χ4n) is 2.91. The predicted molar refractivity (Wildman–Crippen MR) is 77.2 cm³/mol. The van der Waals surface area contributed by atoms with E-state index in [2.05, 4.69) is 13.0 Å². The fraction of sp³-hybridized carbons (Fsp3) is 0.294. The van der Waals surface area contributed by atoms with Crippen molar-refractivity contribution in [2.75, 3.05) is 0 Å². The van der Waals surface area contributed by atoms with Crippen molar-refractivity contribution >= 4 is 0 Å². The molecule has 2 nitrogen and oxygen atoms in total. The first kappa shape index (κ1) is 13.1. The molecule has 1 aliphatic carbocycles. The molecule has 104 valence electrons. The van der Waals surface area contributed by atoms with E-state index in [4.69, 9.17) is 10.5 Å². The molecular formula is C17H18FNO. The van der Waals surface area contributed by atoms with Gasteiger partial charge in [0.05, 0.1) is 6.04 Å². The zero-order valence-corrected chi connectivity index (χ0v) is 11.4. The molecule has 0 saturated carbocycles. The van der Waals surface area contributed by atoms with E-state index in [1.807, 2.05) is 18.2 Å². The topological polar surface area (TPSA) is 35.2 Å². The zero-order valence-electron chi connectivity index (χ0n) is 11.4. The van der Waals surface area contributed by atoms with Gasteiger partial charge in [-0.05, 0) is 35.6 Å². The van der Waals surface area contributed by atoms with Crippen LogP contribution in [0.5, 0.6) is 5.75 Å². The van der Waals surface area contributed by atoms with E-state index < -0.39 is 0 Å². The van der Waals surface area contributed by atoms with Gasteiger partial charge in [0, 0.05) is 0 Å². The van der Waals surface area contributed by atoms with Crippen molar-refractivity contribution in [2.45, 2.75) is 31.4 Å². The lowest BCUT2D eigenvalue weighted by atomic mass is 9.79. The summed E-state index contributed by atoms with van der Waals surface area (Å²) >= 11 is 0. The van der Waals surface area contributed by atoms with Crippen LogP contribution in [0.2, 0.25) is 0 Å². The summed E-state index contributed by atoms with van der Waals surface area (Å²) in [5, 5.41) is 0. The molecule has 0 heterocycles. The van der Waals surface area contributed by atoms with E-state index in [1.165, 1.54) is 11.6 Å². The molecule has 2 N–H and O–H groups in total. The van der Waals surface area contributed by atoms with Crippen LogP contribution in [0.1, 0.15) is 36.4 Å². The van der Waals surface area contributed by atoms with Crippen molar-refractivity contribution in [2.24, 2.45) is 5.73 Å². The molecule has 0 bridgehead atoms. The Morgan fingerprint density at radius 2 is 1.70 bits per heavy atom. The highest BCUT2D eigenvalue weighted by molar-refractivity contribution is 5.36. The summed E-state index contributed by atoms with van der Waals surface area (Å²) in [5.41, 5.74) is 8.68. The Kier molecular flexibility index (Phi) is 3.45. The Hall–Kier alpha value is -1.87. The molecule has 0 aromatic heterocycles. The van der Waals surface area contributed by atoms with Crippen molar-refractivity contribution in [1.29, 1.82) is 0 Å². The minimum atomic E-state index is -0.341. The van der Waals surface area contributed by atoms with Crippen LogP contribution in [0.3, 0.4) is 0 Å². The van der Waals surface area contributed by atoms with Gasteiger partial charge in [-0.1, -0.05) is 43.3 Å². The predicted octanol–water partition coefficient (Wildman–Crippen LogP) is 3.78. The largest absolute Gasteiger partial charge is 0.485 e. The normalized spacial score (nSPS) is 25.1. The third-order valence-electron chi connectivity index (χ3n) is 3.99. The minimum Gasteiger partial charge on any atom is -0.485 e. The van der Waals surface area contributed by atoms with Gasteiger partial charge in [-0.15, -0.1) is 0 Å². The van der Waals surface area contributed by atoms with Crippen molar-refractivity contribution in [3.8, 4) is 5.75 Å². The van der Waals surface area contributed by atoms with Gasteiger partial charge in [-0.25, -0.2) is 4.39 Å². The Morgan fingerprint density at radius 3 is 2.45 bits per heavy atom. The molecule has 0 radical (unpaired) electrons. The molecule has 3 unspecified atom stereocenters. The average Bonchev–Trinajstić information content (AvgIpc) is 2.47. The maximum absolute atomic E-state index is 13.7. The molecule has 0 saturated heterocycles. The van der Waals surface area contributed by atoms with Gasteiger partial charge < -0.3 is 10.5 Å². The SMILES string of the molecule is CC1CC(Oc2ccccc2F)C(N)c2ccccc21. The lowest BCUT2D eigenvalue weighted by Crippen LogP contribution is -2.37. The van der Waals surface area contributed by atoms with E-state index in [1.54, 1.807) is 18.2 Å². The second-order valence-electron chi connectivity index (χ2n) is 5.38. The Labute approximate surface area is 118 Å². The highest BCUT2D eigenvalue weighted by atomic mass is 19.1. The van der Waals surface area contributed by atoms with Gasteiger partial charge >= 0.3 is 0 Å². The third kappa shape index (κ3) is 2.29. The van der Waals surface area contributed by atoms with Gasteiger partial charge in [-0.2, -0.15) is 0 Å². The number of nitrogens with two attached hydrogens (primary N) is 1. The summed E-state index contributed by atoms with van der Waals surface area (Å²) in [6.07, 6.45) is 0.601. The van der Waals surface area contributed by atoms with Gasteiger partial charge in [0.2, 0.25) is 0 Å². The first-order valence-electron chi connectivity index (χ1n) is 6.92. The summed E-state index contributed by atoms with van der Waals surface area (Å²) in [7, 11) is 0. The van der Waals surface area contributed by atoms with E-state index in [9.17, 15) is 4.39 Å². The van der Waals surface area contributed by atoms with Crippen LogP contribution in [0.25, 0.3) is 0 Å². The highest BCUT2D eigenvalue weighted by Crippen LogP contribution is 2.38. The summed E-state index contributed by atoms with van der Waals surface area (Å²) in [6.45, 7) is 2.16. The van der Waals surface area contributed by atoms with Gasteiger partial charge in [0.25, 0.3) is 0 Å². The quantitative estimate of drug-likeness (QED) is 0.902. The maximum atomic E-state index is 13.7. The molecule has 3 atom stereocenters. The first-order valence-corrected chi connectivity index (χ1v) is 6.92. The summed E-state index contributed by atoms with van der Waals surface area (Å²) < 4.78 is 19.5. The van der Waals surface area contributed by atoms with Crippen molar-refractivity contribution in [3.05, 3.63) is 65.5 Å². The zero-order chi connectivity index (χ0) is 14.1. The van der Waals surface area contributed by atoms with Crippen LogP contribution in [0, 0.1) is 5.82 Å². The Morgan fingerprint density at radius 1 is 1.05 bits per heavy atom. The molecule has 2 aromatic rings. The summed E-state index contributed by atoms with van der Waals surface area (Å²) in [4.78, 5) is 0. The number of rotatable bonds is 2. The highest BCUT2D eigenvalue weighted by Gasteiger charge is 2.32. The van der Waals surface area contributed by atoms with Crippen molar-refractivity contribution in [3.63, 3.8) is 0 Å². The van der Waals surface area contributed by atoms with E-state index in [0.717, 1.165) is 12.0 Å². The summed E-state index contributed by atoms with van der Waals surface area (Å²) in [6, 6.07) is 14.4. The van der Waals surface area contributed by atoms with E-state index in [-0.39, 0.29) is 23.7 Å². The monoisotopic (exact) mass is 271 g/mol. The fourth-order valence-corrected chi connectivity index (χ4v) is 2.91. The first-order chi connectivity index (χ1) is 9.66. The molecule has 0 aliphatic heterocycles. The molecule has 0 spiro atoms. The van der Waals surface area contributed by atoms with Crippen LogP contribution >= 0.6 is 0 Å². The molecule has 2 aromatic carbocycles. The maximum Gasteiger partial charge on any atom is 0.165 e. The van der Waals surface area contributed by atoms with Crippen LogP contribution in [0.15, 0.2) is 48.5 Å². The lowest BCUT2D eigenvalue weighted by Gasteiger charge is -2.35. The van der Waals surface area contributed by atoms with E-state index in [0.29, 0.717) is 5.92 Å². The van der Waals surface area contributed by atoms with Crippen LogP contribution in [-0.4, -0.2) is 6.10 Å². The molecule has 0 amide bonds. The molecule has 20 heavy (non-hydrogen) atoms. The number of hydrogen-bond donors (Lipinski definition) is 1. The second-order valence-corrected chi connectivity index (χ2v) is 5.38. The van der Waals surface area contributed by atoms with Gasteiger partial charge in [0.15, 0.2) is 11.6 Å². The second kappa shape index (κ2) is 5.25. The molecular weight excluding hydrogens is 253 g/mol. The van der Waals surface area contributed by atoms with Crippen molar-refractivity contribution < 1.29 is 9.13 Å². The number of para-hydroxylation sites is 1. The summed E-state index contributed by atoms with van der Waals surface area (Å²) in [5.74, 6) is 0.300. The van der Waals surface area contributed by atoms with Crippen LogP contribution in [-0.2, 0) is 0 Å². The van der Waals surface area contributed by atoms with Gasteiger partial charge in [-0.3, -0.25) is 0 Å². The third-order valence-corrected chi connectivity index (χ3v) is 3.99. The number of halogens is 1. The van der Waals surface area contributed by atoms with Crippen LogP contribution < -0.4 is 10.5 Å². The Balaban J connectivity index is 1.88. The minimum absolute atomic E-state index is 0.197. The Bertz CT molecular complexity index is 613. The molecule has 3 heteroatoms. The standard InChI is InChI=1S/C17H18FNO/c1-11-10-16(20-15-9-5-4-8-14(15)18)17(19)13-7-3-2-6-12(11)13/h2-9,11,16-17H,10,19H2,1H3. The van der Waals surface area contributed by atoms with Crippen LogP contribution in [0.4, 0.5) is 4.39 Å². The smallest absolute Gasteiger partial charge is 0.165 e. The van der Waals surface area contributed by atoms with Crippen molar-refractivity contribution in [1.82, 2.24) is 0 Å². The average molecular weight is 271 g/mol. The molecule has 0 fully saturated rings. The number of fused-ring (bicyclic) bond motifs is 1. The molecule has 1 aliphatic rings. The number of hydrogen-bond acceptors (Lipinski definition) is 2. The lowest BCUT2D eigenvalue weighted by molar-refractivity contribution is 0.138. The van der Waals surface area contributed by atoms with E-state index >= 15 is 0 Å². The molecule has 3 rings (SSSR count). The number of ether oxygens (including phenoxy) is 1. The number of benzene rings is 2. The van der Waals surface area contributed by atoms with Gasteiger partial charge in [0.1, 0.15) is 6.10 Å².